The number of halogens is 3. The van der Waals surface area contributed by atoms with Gasteiger partial charge in [0.1, 0.15) is 6.04 Å². The molecule has 230 valence electrons. The summed E-state index contributed by atoms with van der Waals surface area (Å²) in [4.78, 5) is 34.5. The van der Waals surface area contributed by atoms with Gasteiger partial charge in [-0.2, -0.15) is 13.2 Å². The minimum absolute atomic E-state index is 0.0126. The van der Waals surface area contributed by atoms with Gasteiger partial charge in [-0.15, -0.1) is 0 Å². The van der Waals surface area contributed by atoms with Crippen molar-refractivity contribution < 1.29 is 32.6 Å². The van der Waals surface area contributed by atoms with Crippen LogP contribution in [0.5, 0.6) is 5.88 Å². The molecule has 4 unspecified atom stereocenters. The third kappa shape index (κ3) is 6.55. The number of amides is 2. The Hall–Kier alpha value is -4.28. The normalized spacial score (nSPS) is 20.4. The predicted octanol–water partition coefficient (Wildman–Crippen LogP) is 6.67. The second-order valence-corrected chi connectivity index (χ2v) is 11.2. The van der Waals surface area contributed by atoms with Crippen molar-refractivity contribution in [1.82, 2.24) is 14.8 Å². The molecule has 2 amide bonds. The maximum Gasteiger partial charge on any atom is 0.417 e. The largest absolute Gasteiger partial charge is 0.480 e. The van der Waals surface area contributed by atoms with E-state index >= 15 is 0 Å². The number of alkyl halides is 3. The van der Waals surface area contributed by atoms with Crippen molar-refractivity contribution in [3.8, 4) is 5.88 Å². The van der Waals surface area contributed by atoms with E-state index in [2.05, 4.69) is 10.3 Å². The lowest BCUT2D eigenvalue weighted by molar-refractivity contribution is -0.142. The fourth-order valence-corrected chi connectivity index (χ4v) is 6.19. The molecule has 4 atom stereocenters. The Morgan fingerprint density at radius 1 is 1.00 bits per heavy atom. The summed E-state index contributed by atoms with van der Waals surface area (Å²) < 4.78 is 46.0. The standard InChI is InChI=1S/C32H37F3N4O4/c1-19(2)38(20(3)4)31(42)39-27(22-14-10-7-11-15-22)24(26(28(39)30(40)41)21-12-8-6-9-13-21)18-36-25-16-23(32(33,34)35)17-37-29(25)43-5/h6-17,19-20,24,26-28,36H,18H2,1-5H3,(H,40,41). The average molecular weight is 599 g/mol. The summed E-state index contributed by atoms with van der Waals surface area (Å²) in [5, 5.41) is 13.8. The first-order valence-corrected chi connectivity index (χ1v) is 14.1. The van der Waals surface area contributed by atoms with Gasteiger partial charge in [-0.25, -0.2) is 14.6 Å². The Morgan fingerprint density at radius 3 is 2.05 bits per heavy atom. The van der Waals surface area contributed by atoms with E-state index in [0.717, 1.165) is 6.07 Å². The number of carboxylic acid groups (broad SMARTS) is 1. The fraction of sp³-hybridized carbons (Fsp3) is 0.406. The van der Waals surface area contributed by atoms with E-state index in [0.29, 0.717) is 17.3 Å². The van der Waals surface area contributed by atoms with Gasteiger partial charge in [0.05, 0.1) is 24.4 Å². The molecular weight excluding hydrogens is 561 g/mol. The second-order valence-electron chi connectivity index (χ2n) is 11.2. The zero-order valence-corrected chi connectivity index (χ0v) is 24.7. The zero-order valence-electron chi connectivity index (χ0n) is 24.7. The molecule has 2 aromatic carbocycles. The summed E-state index contributed by atoms with van der Waals surface area (Å²) in [6.45, 7) is 7.53. The SMILES string of the molecule is COc1ncc(C(F)(F)F)cc1NCC1C(c2ccccc2)C(C(=O)O)N(C(=O)N(C(C)C)C(C)C)C1c1ccccc1. The minimum atomic E-state index is -4.63. The molecule has 0 radical (unpaired) electrons. The van der Waals surface area contributed by atoms with Crippen LogP contribution in [0.1, 0.15) is 56.3 Å². The molecule has 0 bridgehead atoms. The van der Waals surface area contributed by atoms with Gasteiger partial charge in [0.25, 0.3) is 0 Å². The lowest BCUT2D eigenvalue weighted by Crippen LogP contribution is -2.54. The van der Waals surface area contributed by atoms with Crippen molar-refractivity contribution in [1.29, 1.82) is 0 Å². The Bertz CT molecular complexity index is 1390. The Kier molecular flexibility index (Phi) is 9.52. The van der Waals surface area contributed by atoms with Crippen LogP contribution in [0.4, 0.5) is 23.7 Å². The molecule has 11 heteroatoms. The van der Waals surface area contributed by atoms with Crippen LogP contribution in [-0.4, -0.2) is 63.7 Å². The first-order chi connectivity index (χ1) is 20.4. The third-order valence-corrected chi connectivity index (χ3v) is 7.84. The molecule has 1 aromatic heterocycles. The van der Waals surface area contributed by atoms with E-state index in [1.165, 1.54) is 12.0 Å². The number of pyridine rings is 1. The summed E-state index contributed by atoms with van der Waals surface area (Å²) in [6, 6.07) is 16.3. The number of carbonyl (C=O) groups is 2. The maximum atomic E-state index is 14.4. The van der Waals surface area contributed by atoms with Gasteiger partial charge in [0.2, 0.25) is 5.88 Å². The number of aromatic nitrogens is 1. The van der Waals surface area contributed by atoms with Crippen LogP contribution in [0.25, 0.3) is 0 Å². The van der Waals surface area contributed by atoms with E-state index in [4.69, 9.17) is 4.74 Å². The number of carbonyl (C=O) groups excluding carboxylic acids is 1. The van der Waals surface area contributed by atoms with Crippen molar-refractivity contribution in [2.75, 3.05) is 19.0 Å². The number of rotatable bonds is 9. The van der Waals surface area contributed by atoms with E-state index in [9.17, 15) is 27.9 Å². The van der Waals surface area contributed by atoms with E-state index in [1.807, 2.05) is 76.2 Å². The third-order valence-electron chi connectivity index (χ3n) is 7.84. The van der Waals surface area contributed by atoms with Crippen molar-refractivity contribution in [2.45, 2.75) is 64.0 Å². The van der Waals surface area contributed by atoms with Crippen LogP contribution in [0.2, 0.25) is 0 Å². The minimum Gasteiger partial charge on any atom is -0.480 e. The van der Waals surface area contributed by atoms with Gasteiger partial charge in [0, 0.05) is 36.7 Å². The smallest absolute Gasteiger partial charge is 0.417 e. The molecule has 0 saturated carbocycles. The van der Waals surface area contributed by atoms with Gasteiger partial charge in [-0.3, -0.25) is 0 Å². The van der Waals surface area contributed by atoms with Crippen LogP contribution < -0.4 is 10.1 Å². The number of likely N-dealkylation sites (tertiary alicyclic amines) is 1. The molecule has 8 nitrogen and oxygen atoms in total. The number of benzene rings is 2. The van der Waals surface area contributed by atoms with E-state index < -0.39 is 47.7 Å². The summed E-state index contributed by atoms with van der Waals surface area (Å²) in [6.07, 6.45) is -3.93. The summed E-state index contributed by atoms with van der Waals surface area (Å²) in [5.74, 6) is -2.48. The highest BCUT2D eigenvalue weighted by Crippen LogP contribution is 2.51. The van der Waals surface area contributed by atoms with E-state index in [1.54, 1.807) is 17.0 Å². The first-order valence-electron chi connectivity index (χ1n) is 14.1. The highest BCUT2D eigenvalue weighted by atomic mass is 19.4. The zero-order chi connectivity index (χ0) is 31.5. The quantitative estimate of drug-likeness (QED) is 0.286. The van der Waals surface area contributed by atoms with Gasteiger partial charge in [-0.1, -0.05) is 60.7 Å². The number of ether oxygens (including phenoxy) is 1. The molecular formula is C32H37F3N4O4. The monoisotopic (exact) mass is 598 g/mol. The number of urea groups is 1. The molecule has 43 heavy (non-hydrogen) atoms. The molecule has 3 aromatic rings. The molecule has 0 spiro atoms. The van der Waals surface area contributed by atoms with E-state index in [-0.39, 0.29) is 30.2 Å². The number of aliphatic carboxylic acids is 1. The van der Waals surface area contributed by atoms with Gasteiger partial charge < -0.3 is 25.0 Å². The average Bonchev–Trinajstić information content (AvgIpc) is 3.31. The number of methoxy groups -OCH3 is 1. The number of nitrogens with one attached hydrogen (secondary N) is 1. The van der Waals surface area contributed by atoms with Crippen molar-refractivity contribution in [2.24, 2.45) is 5.92 Å². The topological polar surface area (TPSA) is 95.0 Å². The summed E-state index contributed by atoms with van der Waals surface area (Å²) in [5.41, 5.74) is 0.478. The molecule has 4 rings (SSSR count). The van der Waals surface area contributed by atoms with Crippen LogP contribution >= 0.6 is 0 Å². The molecule has 1 aliphatic rings. The first kappa shape index (κ1) is 31.7. The number of nitrogens with zero attached hydrogens (tertiary/aromatic N) is 3. The van der Waals surface area contributed by atoms with Gasteiger partial charge in [-0.05, 0) is 44.9 Å². The van der Waals surface area contributed by atoms with Crippen LogP contribution in [0.3, 0.4) is 0 Å². The Balaban J connectivity index is 1.90. The fourth-order valence-electron chi connectivity index (χ4n) is 6.19. The van der Waals surface area contributed by atoms with Crippen LogP contribution in [0.15, 0.2) is 72.9 Å². The number of anilines is 1. The molecule has 0 aliphatic carbocycles. The maximum absolute atomic E-state index is 14.4. The highest BCUT2D eigenvalue weighted by molar-refractivity contribution is 5.85. The summed E-state index contributed by atoms with van der Waals surface area (Å²) >= 11 is 0. The summed E-state index contributed by atoms with van der Waals surface area (Å²) in [7, 11) is 1.31. The number of hydrogen-bond donors (Lipinski definition) is 2. The molecule has 1 saturated heterocycles. The second kappa shape index (κ2) is 12.9. The number of carboxylic acids is 1. The number of hydrogen-bond acceptors (Lipinski definition) is 5. The van der Waals surface area contributed by atoms with Crippen molar-refractivity contribution in [3.05, 3.63) is 89.6 Å². The molecule has 1 fully saturated rings. The van der Waals surface area contributed by atoms with Gasteiger partial charge >= 0.3 is 18.2 Å². The lowest BCUT2D eigenvalue weighted by atomic mass is 9.80. The lowest BCUT2D eigenvalue weighted by Gasteiger charge is -2.39. The molecule has 1 aliphatic heterocycles. The molecule has 2 heterocycles. The van der Waals surface area contributed by atoms with Crippen LogP contribution in [0, 0.1) is 5.92 Å². The van der Waals surface area contributed by atoms with Crippen LogP contribution in [-0.2, 0) is 11.0 Å². The molecule has 2 N–H and O–H groups in total. The Morgan fingerprint density at radius 2 is 1.56 bits per heavy atom. The van der Waals surface area contributed by atoms with Gasteiger partial charge in [0.15, 0.2) is 0 Å². The van der Waals surface area contributed by atoms with Crippen molar-refractivity contribution >= 4 is 17.7 Å². The van der Waals surface area contributed by atoms with Crippen molar-refractivity contribution in [3.63, 3.8) is 0 Å². The highest BCUT2D eigenvalue weighted by Gasteiger charge is 2.56. The predicted molar refractivity (Wildman–Crippen MR) is 157 cm³/mol. The Labute approximate surface area is 249 Å².